The lowest BCUT2D eigenvalue weighted by Crippen LogP contribution is -2.31. The van der Waals surface area contributed by atoms with Crippen LogP contribution in [0.15, 0.2) is 0 Å². The van der Waals surface area contributed by atoms with E-state index in [1.54, 1.807) is 0 Å². The normalized spacial score (nSPS) is 51.5. The average Bonchev–Trinajstić information content (AvgIpc) is 2.37. The molecule has 11 heavy (non-hydrogen) atoms. The standard InChI is InChI=1S/C7H13NO3/c9-4-1-5-7(11)6(10)3-8(5)2-4/h4-7,9-11H,1-3H2/t4-,5+,6-,7+/m0/s1. The zero-order valence-electron chi connectivity index (χ0n) is 6.22. The van der Waals surface area contributed by atoms with Gasteiger partial charge in [-0.25, -0.2) is 0 Å². The maximum absolute atomic E-state index is 9.38. The second kappa shape index (κ2) is 2.42. The number of aliphatic hydroxyl groups is 3. The molecule has 64 valence electrons. The fraction of sp³-hybridized carbons (Fsp3) is 1.00. The first-order valence-corrected chi connectivity index (χ1v) is 3.96. The number of rotatable bonds is 0. The Labute approximate surface area is 65.1 Å². The predicted octanol–water partition coefficient (Wildman–Crippen LogP) is -1.84. The van der Waals surface area contributed by atoms with Crippen LogP contribution in [0.1, 0.15) is 6.42 Å². The van der Waals surface area contributed by atoms with Gasteiger partial charge in [-0.15, -0.1) is 0 Å². The van der Waals surface area contributed by atoms with Crippen LogP contribution >= 0.6 is 0 Å². The maximum Gasteiger partial charge on any atom is 0.0967 e. The molecule has 0 aromatic heterocycles. The number of nitrogens with zero attached hydrogens (tertiary/aromatic N) is 1. The Hall–Kier alpha value is -0.160. The Morgan fingerprint density at radius 3 is 2.45 bits per heavy atom. The molecule has 4 nitrogen and oxygen atoms in total. The Balaban J connectivity index is 2.07. The van der Waals surface area contributed by atoms with Gasteiger partial charge in [0, 0.05) is 19.1 Å². The van der Waals surface area contributed by atoms with E-state index in [-0.39, 0.29) is 12.1 Å². The number of hydrogen-bond acceptors (Lipinski definition) is 4. The third-order valence-electron chi connectivity index (χ3n) is 2.64. The summed E-state index contributed by atoms with van der Waals surface area (Å²) in [5.41, 5.74) is 0. The second-order valence-electron chi connectivity index (χ2n) is 3.47. The summed E-state index contributed by atoms with van der Waals surface area (Å²) in [4.78, 5) is 1.94. The molecule has 4 heteroatoms. The topological polar surface area (TPSA) is 63.9 Å². The third-order valence-corrected chi connectivity index (χ3v) is 2.64. The van der Waals surface area contributed by atoms with Crippen molar-refractivity contribution >= 4 is 0 Å². The van der Waals surface area contributed by atoms with Gasteiger partial charge < -0.3 is 15.3 Å². The molecule has 4 atom stereocenters. The van der Waals surface area contributed by atoms with Crippen LogP contribution in [0.4, 0.5) is 0 Å². The summed E-state index contributed by atoms with van der Waals surface area (Å²) >= 11 is 0. The fourth-order valence-corrected chi connectivity index (χ4v) is 2.08. The largest absolute Gasteiger partial charge is 0.392 e. The van der Waals surface area contributed by atoms with Crippen LogP contribution in [0.3, 0.4) is 0 Å². The highest BCUT2D eigenvalue weighted by molar-refractivity contribution is 4.99. The van der Waals surface area contributed by atoms with Gasteiger partial charge in [-0.3, -0.25) is 4.90 Å². The fourth-order valence-electron chi connectivity index (χ4n) is 2.08. The summed E-state index contributed by atoms with van der Waals surface area (Å²) in [7, 11) is 0. The zero-order chi connectivity index (χ0) is 8.01. The smallest absolute Gasteiger partial charge is 0.0967 e. The summed E-state index contributed by atoms with van der Waals surface area (Å²) in [6, 6.07) is -0.0139. The molecule has 0 radical (unpaired) electrons. The SMILES string of the molecule is O[C@H]1C[C@@H]2[C@@H](O)[C@@H](O)CN2C1. The van der Waals surface area contributed by atoms with Crippen molar-refractivity contribution in [2.24, 2.45) is 0 Å². The first-order chi connectivity index (χ1) is 5.18. The van der Waals surface area contributed by atoms with E-state index in [2.05, 4.69) is 0 Å². The van der Waals surface area contributed by atoms with E-state index >= 15 is 0 Å². The van der Waals surface area contributed by atoms with Crippen LogP contribution in [-0.4, -0.2) is 57.7 Å². The average molecular weight is 159 g/mol. The summed E-state index contributed by atoms with van der Waals surface area (Å²) in [6.07, 6.45) is -1.00. The molecular weight excluding hydrogens is 146 g/mol. The van der Waals surface area contributed by atoms with Gasteiger partial charge in [-0.1, -0.05) is 0 Å². The first kappa shape index (κ1) is 7.49. The lowest BCUT2D eigenvalue weighted by atomic mass is 10.1. The number of aliphatic hydroxyl groups excluding tert-OH is 3. The van der Waals surface area contributed by atoms with Gasteiger partial charge in [-0.05, 0) is 6.42 Å². The maximum atomic E-state index is 9.38. The quantitative estimate of drug-likeness (QED) is 0.388. The highest BCUT2D eigenvalue weighted by atomic mass is 16.3. The molecule has 0 bridgehead atoms. The highest BCUT2D eigenvalue weighted by Gasteiger charge is 2.45. The van der Waals surface area contributed by atoms with E-state index in [1.165, 1.54) is 0 Å². The van der Waals surface area contributed by atoms with Crippen molar-refractivity contribution in [3.8, 4) is 0 Å². The van der Waals surface area contributed by atoms with Crippen molar-refractivity contribution in [3.63, 3.8) is 0 Å². The minimum atomic E-state index is -0.660. The Kier molecular flexibility index (Phi) is 1.64. The van der Waals surface area contributed by atoms with Crippen molar-refractivity contribution in [1.29, 1.82) is 0 Å². The number of fused-ring (bicyclic) bond motifs is 1. The molecule has 0 unspecified atom stereocenters. The van der Waals surface area contributed by atoms with Crippen LogP contribution in [-0.2, 0) is 0 Å². The van der Waals surface area contributed by atoms with Crippen molar-refractivity contribution in [1.82, 2.24) is 4.90 Å². The minimum absolute atomic E-state index is 0.0139. The van der Waals surface area contributed by atoms with Gasteiger partial charge >= 0.3 is 0 Å². The molecule has 0 aromatic rings. The van der Waals surface area contributed by atoms with Gasteiger partial charge in [0.2, 0.25) is 0 Å². The minimum Gasteiger partial charge on any atom is -0.392 e. The van der Waals surface area contributed by atoms with Gasteiger partial charge in [0.25, 0.3) is 0 Å². The van der Waals surface area contributed by atoms with Crippen molar-refractivity contribution < 1.29 is 15.3 Å². The second-order valence-corrected chi connectivity index (χ2v) is 3.47. The Bertz CT molecular complexity index is 164. The summed E-state index contributed by atoms with van der Waals surface area (Å²) in [6.45, 7) is 1.10. The molecule has 2 aliphatic heterocycles. The molecule has 0 saturated carbocycles. The molecule has 2 fully saturated rings. The highest BCUT2D eigenvalue weighted by Crippen LogP contribution is 2.28. The van der Waals surface area contributed by atoms with Gasteiger partial charge in [-0.2, -0.15) is 0 Å². The molecule has 0 amide bonds. The van der Waals surface area contributed by atoms with Crippen molar-refractivity contribution in [3.05, 3.63) is 0 Å². The Morgan fingerprint density at radius 1 is 1.09 bits per heavy atom. The van der Waals surface area contributed by atoms with Gasteiger partial charge in [0.05, 0.1) is 18.3 Å². The van der Waals surface area contributed by atoms with Crippen LogP contribution in [0.5, 0.6) is 0 Å². The van der Waals surface area contributed by atoms with Crippen molar-refractivity contribution in [2.75, 3.05) is 13.1 Å². The van der Waals surface area contributed by atoms with Crippen LogP contribution in [0.2, 0.25) is 0 Å². The monoisotopic (exact) mass is 159 g/mol. The van der Waals surface area contributed by atoms with E-state index in [9.17, 15) is 15.3 Å². The van der Waals surface area contributed by atoms with E-state index in [0.717, 1.165) is 0 Å². The first-order valence-electron chi connectivity index (χ1n) is 3.96. The lowest BCUT2D eigenvalue weighted by molar-refractivity contribution is 0.0343. The predicted molar refractivity (Wildman–Crippen MR) is 38.0 cm³/mol. The Morgan fingerprint density at radius 2 is 1.82 bits per heavy atom. The van der Waals surface area contributed by atoms with Crippen LogP contribution in [0, 0.1) is 0 Å². The van der Waals surface area contributed by atoms with Gasteiger partial charge in [0.1, 0.15) is 0 Å². The van der Waals surface area contributed by atoms with Crippen LogP contribution in [0.25, 0.3) is 0 Å². The molecule has 2 aliphatic rings. The van der Waals surface area contributed by atoms with E-state index < -0.39 is 12.2 Å². The molecule has 2 heterocycles. The molecule has 2 saturated heterocycles. The zero-order valence-corrected chi connectivity index (χ0v) is 6.22. The van der Waals surface area contributed by atoms with E-state index in [0.29, 0.717) is 19.5 Å². The van der Waals surface area contributed by atoms with E-state index in [4.69, 9.17) is 0 Å². The number of hydrogen-bond donors (Lipinski definition) is 3. The van der Waals surface area contributed by atoms with Gasteiger partial charge in [0.15, 0.2) is 0 Å². The molecule has 2 rings (SSSR count). The molecule has 0 aromatic carbocycles. The summed E-state index contributed by atoms with van der Waals surface area (Å²) in [5, 5.41) is 27.8. The molecular formula is C7H13NO3. The molecule has 0 aliphatic carbocycles. The third kappa shape index (κ3) is 1.06. The van der Waals surface area contributed by atoms with E-state index in [1.807, 2.05) is 4.90 Å². The van der Waals surface area contributed by atoms with Crippen molar-refractivity contribution in [2.45, 2.75) is 30.8 Å². The lowest BCUT2D eigenvalue weighted by Gasteiger charge is -2.14. The van der Waals surface area contributed by atoms with Crippen LogP contribution < -0.4 is 0 Å². The summed E-state index contributed by atoms with van der Waals surface area (Å²) < 4.78 is 0. The molecule has 0 spiro atoms. The summed E-state index contributed by atoms with van der Waals surface area (Å²) in [5.74, 6) is 0. The molecule has 3 N–H and O–H groups in total.